The molecule has 0 N–H and O–H groups in total. The van der Waals surface area contributed by atoms with Gasteiger partial charge in [-0.2, -0.15) is 9.52 Å². The van der Waals surface area contributed by atoms with E-state index in [1.807, 2.05) is 0 Å². The van der Waals surface area contributed by atoms with Crippen LogP contribution in [-0.4, -0.2) is 39.0 Å². The minimum Gasteiger partial charge on any atom is -0.497 e. The van der Waals surface area contributed by atoms with Crippen LogP contribution in [0.15, 0.2) is 47.6 Å². The molecule has 8 heteroatoms. The van der Waals surface area contributed by atoms with Crippen molar-refractivity contribution in [3.8, 4) is 11.5 Å². The van der Waals surface area contributed by atoms with Gasteiger partial charge in [-0.25, -0.2) is 12.8 Å². The molecule has 0 radical (unpaired) electrons. The maximum Gasteiger partial charge on any atom is 0.247 e. The third kappa shape index (κ3) is 3.50. The third-order valence-corrected chi connectivity index (χ3v) is 5.21. The first-order chi connectivity index (χ1) is 12.3. The molecule has 138 valence electrons. The molecule has 2 aromatic carbocycles. The van der Waals surface area contributed by atoms with E-state index in [1.54, 1.807) is 37.4 Å². The van der Waals surface area contributed by atoms with Crippen LogP contribution >= 0.6 is 0 Å². The topological polar surface area (TPSA) is 68.2 Å². The van der Waals surface area contributed by atoms with E-state index in [0.717, 1.165) is 10.7 Å². The van der Waals surface area contributed by atoms with Crippen LogP contribution in [0.4, 0.5) is 4.39 Å². The fourth-order valence-electron chi connectivity index (χ4n) is 2.94. The predicted molar refractivity (Wildman–Crippen MR) is 96.5 cm³/mol. The maximum atomic E-state index is 13.2. The number of methoxy groups -OCH3 is 2. The van der Waals surface area contributed by atoms with Gasteiger partial charge in [0.25, 0.3) is 0 Å². The average molecular weight is 378 g/mol. The van der Waals surface area contributed by atoms with Crippen molar-refractivity contribution in [1.29, 1.82) is 0 Å². The van der Waals surface area contributed by atoms with Crippen LogP contribution in [0.2, 0.25) is 0 Å². The van der Waals surface area contributed by atoms with Crippen molar-refractivity contribution < 1.29 is 22.3 Å². The third-order valence-electron chi connectivity index (χ3n) is 4.19. The van der Waals surface area contributed by atoms with Crippen molar-refractivity contribution in [2.45, 2.75) is 12.5 Å². The summed E-state index contributed by atoms with van der Waals surface area (Å²) in [5.74, 6) is 0.758. The summed E-state index contributed by atoms with van der Waals surface area (Å²) in [7, 11) is -0.547. The van der Waals surface area contributed by atoms with Gasteiger partial charge in [0, 0.05) is 18.1 Å². The normalized spacial score (nSPS) is 17.2. The van der Waals surface area contributed by atoms with Gasteiger partial charge >= 0.3 is 0 Å². The average Bonchev–Trinajstić information content (AvgIpc) is 3.07. The number of hydrazone groups is 1. The molecule has 2 aromatic rings. The van der Waals surface area contributed by atoms with Crippen LogP contribution in [0.5, 0.6) is 11.5 Å². The molecule has 0 aliphatic carbocycles. The second-order valence-electron chi connectivity index (χ2n) is 5.92. The van der Waals surface area contributed by atoms with Gasteiger partial charge in [0.05, 0.1) is 32.2 Å². The Labute approximate surface area is 151 Å². The van der Waals surface area contributed by atoms with Gasteiger partial charge in [-0.3, -0.25) is 0 Å². The van der Waals surface area contributed by atoms with E-state index < -0.39 is 16.1 Å². The molecule has 0 aromatic heterocycles. The van der Waals surface area contributed by atoms with E-state index in [9.17, 15) is 12.8 Å². The van der Waals surface area contributed by atoms with Crippen molar-refractivity contribution in [1.82, 2.24) is 4.41 Å². The number of hydrogen-bond acceptors (Lipinski definition) is 5. The molecule has 6 nitrogen and oxygen atoms in total. The van der Waals surface area contributed by atoms with Gasteiger partial charge in [-0.05, 0) is 29.8 Å². The highest BCUT2D eigenvalue weighted by atomic mass is 32.2. The summed E-state index contributed by atoms with van der Waals surface area (Å²) < 4.78 is 49.4. The molecule has 1 heterocycles. The first-order valence-electron chi connectivity index (χ1n) is 7.88. The van der Waals surface area contributed by atoms with Crippen molar-refractivity contribution >= 4 is 15.7 Å². The van der Waals surface area contributed by atoms with Crippen LogP contribution in [0.25, 0.3) is 0 Å². The zero-order valence-corrected chi connectivity index (χ0v) is 15.5. The standard InChI is InChI=1S/C18H19FN2O4S/c1-24-14-8-9-15(18(10-14)25-2)17-11-16(20-21(17)26(3,22)23)12-4-6-13(19)7-5-12/h4-10,17H,11H2,1-3H3. The molecule has 0 saturated carbocycles. The minimum absolute atomic E-state index is 0.349. The molecule has 0 saturated heterocycles. The smallest absolute Gasteiger partial charge is 0.247 e. The molecule has 3 rings (SSSR count). The van der Waals surface area contributed by atoms with Crippen molar-refractivity contribution in [3.05, 3.63) is 59.4 Å². The molecule has 0 amide bonds. The Balaban J connectivity index is 2.04. The van der Waals surface area contributed by atoms with Gasteiger partial charge in [-0.15, -0.1) is 0 Å². The van der Waals surface area contributed by atoms with Gasteiger partial charge in [0.15, 0.2) is 0 Å². The number of halogens is 1. The summed E-state index contributed by atoms with van der Waals surface area (Å²) in [4.78, 5) is 0. The summed E-state index contributed by atoms with van der Waals surface area (Å²) in [6.07, 6.45) is 1.45. The Morgan fingerprint density at radius 3 is 2.38 bits per heavy atom. The molecule has 1 unspecified atom stereocenters. The first-order valence-corrected chi connectivity index (χ1v) is 9.73. The van der Waals surface area contributed by atoms with E-state index in [1.165, 1.54) is 19.2 Å². The van der Waals surface area contributed by atoms with Crippen LogP contribution in [-0.2, 0) is 10.0 Å². The van der Waals surface area contributed by atoms with Crippen molar-refractivity contribution in [3.63, 3.8) is 0 Å². The summed E-state index contributed by atoms with van der Waals surface area (Å²) >= 11 is 0. The number of ether oxygens (including phenoxy) is 2. The van der Waals surface area contributed by atoms with Crippen LogP contribution < -0.4 is 9.47 Å². The maximum absolute atomic E-state index is 13.2. The van der Waals surface area contributed by atoms with E-state index in [-0.39, 0.29) is 5.82 Å². The highest BCUT2D eigenvalue weighted by Gasteiger charge is 2.36. The molecule has 0 bridgehead atoms. The Hall–Kier alpha value is -2.61. The molecule has 1 aliphatic rings. The molecule has 26 heavy (non-hydrogen) atoms. The van der Waals surface area contributed by atoms with E-state index in [4.69, 9.17) is 9.47 Å². The lowest BCUT2D eigenvalue weighted by Crippen LogP contribution is -2.26. The van der Waals surface area contributed by atoms with Gasteiger partial charge in [0.2, 0.25) is 10.0 Å². The lowest BCUT2D eigenvalue weighted by atomic mass is 9.98. The Bertz CT molecular complexity index is 942. The molecule has 1 atom stereocenters. The molecular weight excluding hydrogens is 359 g/mol. The predicted octanol–water partition coefficient (Wildman–Crippen LogP) is 2.95. The zero-order chi connectivity index (χ0) is 18.9. The van der Waals surface area contributed by atoms with E-state index in [2.05, 4.69) is 5.10 Å². The number of rotatable bonds is 5. The van der Waals surface area contributed by atoms with Gasteiger partial charge in [-0.1, -0.05) is 12.1 Å². The second kappa shape index (κ2) is 6.95. The fourth-order valence-corrected chi connectivity index (χ4v) is 3.83. The summed E-state index contributed by atoms with van der Waals surface area (Å²) in [5.41, 5.74) is 1.92. The second-order valence-corrected chi connectivity index (χ2v) is 7.76. The van der Waals surface area contributed by atoms with Gasteiger partial charge < -0.3 is 9.47 Å². The Morgan fingerprint density at radius 2 is 1.81 bits per heavy atom. The molecule has 0 spiro atoms. The highest BCUT2D eigenvalue weighted by molar-refractivity contribution is 7.88. The summed E-state index contributed by atoms with van der Waals surface area (Å²) in [6, 6.07) is 10.5. The van der Waals surface area contributed by atoms with Crippen LogP contribution in [0, 0.1) is 5.82 Å². The minimum atomic E-state index is -3.60. The number of sulfonamides is 1. The van der Waals surface area contributed by atoms with Crippen molar-refractivity contribution in [2.24, 2.45) is 5.10 Å². The SMILES string of the molecule is COc1ccc(C2CC(c3ccc(F)cc3)=NN2S(C)(=O)=O)c(OC)c1. The Morgan fingerprint density at radius 1 is 1.12 bits per heavy atom. The zero-order valence-electron chi connectivity index (χ0n) is 14.6. The quantitative estimate of drug-likeness (QED) is 0.802. The monoisotopic (exact) mass is 378 g/mol. The van der Waals surface area contributed by atoms with Crippen LogP contribution in [0.3, 0.4) is 0 Å². The Kier molecular flexibility index (Phi) is 4.86. The molecule has 0 fully saturated rings. The van der Waals surface area contributed by atoms with Gasteiger partial charge in [0.1, 0.15) is 17.3 Å². The first kappa shape index (κ1) is 18.2. The highest BCUT2D eigenvalue weighted by Crippen LogP contribution is 2.40. The largest absolute Gasteiger partial charge is 0.497 e. The van der Waals surface area contributed by atoms with Crippen LogP contribution in [0.1, 0.15) is 23.6 Å². The fraction of sp³-hybridized carbons (Fsp3) is 0.278. The van der Waals surface area contributed by atoms with Crippen molar-refractivity contribution in [2.75, 3.05) is 20.5 Å². The summed E-state index contributed by atoms with van der Waals surface area (Å²) in [5, 5.41) is 4.29. The van der Waals surface area contributed by atoms with E-state index >= 15 is 0 Å². The molecular formula is C18H19FN2O4S. The lowest BCUT2D eigenvalue weighted by Gasteiger charge is -2.23. The number of nitrogens with zero attached hydrogens (tertiary/aromatic N) is 2. The number of hydrogen-bond donors (Lipinski definition) is 0. The molecule has 1 aliphatic heterocycles. The van der Waals surface area contributed by atoms with E-state index in [0.29, 0.717) is 34.8 Å². The lowest BCUT2D eigenvalue weighted by molar-refractivity contribution is 0.348. The summed E-state index contributed by atoms with van der Waals surface area (Å²) in [6.45, 7) is 0. The number of benzene rings is 2.